The minimum Gasteiger partial charge on any atom is -0.480 e. The summed E-state index contributed by atoms with van der Waals surface area (Å²) in [7, 11) is 0. The van der Waals surface area contributed by atoms with E-state index in [1.165, 1.54) is 6.92 Å². The number of hydrogen-bond acceptors (Lipinski definition) is 6. The molecule has 142 valence electrons. The number of carbonyl (C=O) groups is 4. The number of aliphatic imine (C=N–C) groups is 1. The zero-order valence-electron chi connectivity index (χ0n) is 13.9. The van der Waals surface area contributed by atoms with E-state index in [-0.39, 0.29) is 25.3 Å². The van der Waals surface area contributed by atoms with Crippen LogP contribution in [0.4, 0.5) is 0 Å². The minimum atomic E-state index is -1.23. The largest absolute Gasteiger partial charge is 0.480 e. The Hall–Kier alpha value is -2.89. The van der Waals surface area contributed by atoms with Gasteiger partial charge in [-0.3, -0.25) is 24.2 Å². The van der Waals surface area contributed by atoms with Gasteiger partial charge in [-0.15, -0.1) is 0 Å². The summed E-state index contributed by atoms with van der Waals surface area (Å²) in [6, 6.07) is -3.44. The first-order chi connectivity index (χ1) is 11.5. The molecule has 0 saturated carbocycles. The summed E-state index contributed by atoms with van der Waals surface area (Å²) in [6.07, 6.45) is 0.0759. The number of carbonyl (C=O) groups excluding carboxylic acids is 3. The van der Waals surface area contributed by atoms with Crippen molar-refractivity contribution in [2.75, 3.05) is 6.54 Å². The van der Waals surface area contributed by atoms with Gasteiger partial charge in [0.05, 0.1) is 12.5 Å². The molecule has 0 aliphatic rings. The Bertz CT molecular complexity index is 533. The van der Waals surface area contributed by atoms with E-state index in [0.29, 0.717) is 6.42 Å². The zero-order chi connectivity index (χ0) is 19.6. The highest BCUT2D eigenvalue weighted by Crippen LogP contribution is 2.01. The first kappa shape index (κ1) is 22.1. The van der Waals surface area contributed by atoms with Crippen molar-refractivity contribution in [1.29, 1.82) is 0 Å². The third kappa shape index (κ3) is 9.76. The molecule has 11 N–H and O–H groups in total. The van der Waals surface area contributed by atoms with E-state index in [1.807, 2.05) is 0 Å². The van der Waals surface area contributed by atoms with Crippen LogP contribution in [0.2, 0.25) is 0 Å². The first-order valence-electron chi connectivity index (χ1n) is 7.47. The number of carboxylic acid groups (broad SMARTS) is 1. The van der Waals surface area contributed by atoms with E-state index in [1.54, 1.807) is 0 Å². The molecule has 0 aliphatic carbocycles. The molecule has 12 nitrogen and oxygen atoms in total. The lowest BCUT2D eigenvalue weighted by Gasteiger charge is -2.21. The maximum atomic E-state index is 12.2. The molecule has 0 aromatic rings. The summed E-state index contributed by atoms with van der Waals surface area (Å²) < 4.78 is 0. The predicted octanol–water partition coefficient (Wildman–Crippen LogP) is -3.68. The molecular formula is C13H25N7O5. The summed E-state index contributed by atoms with van der Waals surface area (Å²) in [4.78, 5) is 49.5. The Labute approximate surface area is 144 Å². The maximum absolute atomic E-state index is 12.2. The molecule has 0 aromatic carbocycles. The number of nitrogens with two attached hydrogens (primary N) is 4. The minimum absolute atomic E-state index is 0.118. The molecule has 0 rings (SSSR count). The molecule has 0 saturated heterocycles. The van der Waals surface area contributed by atoms with Crippen LogP contribution >= 0.6 is 0 Å². The average Bonchev–Trinajstić information content (AvgIpc) is 2.48. The number of aliphatic carboxylic acids is 1. The predicted molar refractivity (Wildman–Crippen MR) is 88.9 cm³/mol. The Morgan fingerprint density at radius 2 is 1.68 bits per heavy atom. The molecule has 0 radical (unpaired) electrons. The zero-order valence-corrected chi connectivity index (χ0v) is 13.9. The van der Waals surface area contributed by atoms with Crippen LogP contribution < -0.4 is 33.6 Å². The van der Waals surface area contributed by atoms with Crippen LogP contribution in [0.15, 0.2) is 4.99 Å². The fourth-order valence-electron chi connectivity index (χ4n) is 1.74. The van der Waals surface area contributed by atoms with Gasteiger partial charge in [-0.25, -0.2) is 0 Å². The Kier molecular flexibility index (Phi) is 9.56. The second kappa shape index (κ2) is 10.8. The molecule has 3 atom stereocenters. The topological polar surface area (TPSA) is 229 Å². The molecule has 12 heteroatoms. The van der Waals surface area contributed by atoms with Gasteiger partial charge in [-0.05, 0) is 19.8 Å². The van der Waals surface area contributed by atoms with Gasteiger partial charge in [-0.2, -0.15) is 0 Å². The fourth-order valence-corrected chi connectivity index (χ4v) is 1.74. The van der Waals surface area contributed by atoms with E-state index < -0.39 is 41.8 Å². The van der Waals surface area contributed by atoms with E-state index in [4.69, 9.17) is 28.0 Å². The number of primary amides is 1. The van der Waals surface area contributed by atoms with E-state index in [9.17, 15) is 19.2 Å². The number of nitrogens with one attached hydrogen (secondary N) is 2. The monoisotopic (exact) mass is 359 g/mol. The smallest absolute Gasteiger partial charge is 0.325 e. The Morgan fingerprint density at radius 3 is 2.16 bits per heavy atom. The highest BCUT2D eigenvalue weighted by molar-refractivity contribution is 5.93. The molecule has 0 bridgehead atoms. The summed E-state index contributed by atoms with van der Waals surface area (Å²) in [5.74, 6) is -3.59. The standard InChI is InChI=1S/C13H25N7O5/c1-6(12(24)25)19-11(23)8(3-2-4-18-13(16)17)20-10(22)7(14)5-9(15)21/h6-8H,2-5,14H2,1H3,(H2,15,21)(H,19,23)(H,20,22)(H,24,25)(H4,16,17,18). The molecule has 0 fully saturated rings. The van der Waals surface area contributed by atoms with E-state index in [0.717, 1.165) is 0 Å². The van der Waals surface area contributed by atoms with Crippen LogP contribution in [-0.2, 0) is 19.2 Å². The number of carboxylic acids is 1. The highest BCUT2D eigenvalue weighted by atomic mass is 16.4. The fraction of sp³-hybridized carbons (Fsp3) is 0.615. The van der Waals surface area contributed by atoms with Crippen molar-refractivity contribution in [3.8, 4) is 0 Å². The Balaban J connectivity index is 4.89. The van der Waals surface area contributed by atoms with E-state index in [2.05, 4.69) is 15.6 Å². The molecule has 0 heterocycles. The summed E-state index contributed by atoms with van der Waals surface area (Å²) in [6.45, 7) is 1.49. The number of nitrogens with zero attached hydrogens (tertiary/aromatic N) is 1. The second-order valence-corrected chi connectivity index (χ2v) is 5.36. The lowest BCUT2D eigenvalue weighted by molar-refractivity contribution is -0.141. The van der Waals surface area contributed by atoms with Gasteiger partial charge in [0.1, 0.15) is 12.1 Å². The molecular weight excluding hydrogens is 334 g/mol. The lowest BCUT2D eigenvalue weighted by atomic mass is 10.1. The number of guanidine groups is 1. The Morgan fingerprint density at radius 1 is 1.08 bits per heavy atom. The summed E-state index contributed by atoms with van der Waals surface area (Å²) >= 11 is 0. The van der Waals surface area contributed by atoms with Gasteiger partial charge >= 0.3 is 5.97 Å². The van der Waals surface area contributed by atoms with Crippen molar-refractivity contribution in [1.82, 2.24) is 10.6 Å². The van der Waals surface area contributed by atoms with Crippen LogP contribution in [0.3, 0.4) is 0 Å². The van der Waals surface area contributed by atoms with Crippen LogP contribution in [0.5, 0.6) is 0 Å². The van der Waals surface area contributed by atoms with Crippen molar-refractivity contribution in [3.05, 3.63) is 0 Å². The van der Waals surface area contributed by atoms with Crippen molar-refractivity contribution in [2.45, 2.75) is 44.3 Å². The van der Waals surface area contributed by atoms with Crippen molar-refractivity contribution < 1.29 is 24.3 Å². The van der Waals surface area contributed by atoms with Gasteiger partial charge in [-0.1, -0.05) is 0 Å². The van der Waals surface area contributed by atoms with Crippen molar-refractivity contribution in [3.63, 3.8) is 0 Å². The molecule has 0 spiro atoms. The second-order valence-electron chi connectivity index (χ2n) is 5.36. The molecule has 3 amide bonds. The van der Waals surface area contributed by atoms with Crippen LogP contribution in [-0.4, -0.2) is 59.4 Å². The first-order valence-corrected chi connectivity index (χ1v) is 7.47. The van der Waals surface area contributed by atoms with Crippen molar-refractivity contribution in [2.24, 2.45) is 27.9 Å². The van der Waals surface area contributed by atoms with E-state index >= 15 is 0 Å². The van der Waals surface area contributed by atoms with Gasteiger partial charge in [0.2, 0.25) is 17.7 Å². The normalized spacial score (nSPS) is 13.8. The maximum Gasteiger partial charge on any atom is 0.325 e. The van der Waals surface area contributed by atoms with Crippen LogP contribution in [0.25, 0.3) is 0 Å². The third-order valence-corrected chi connectivity index (χ3v) is 3.07. The lowest BCUT2D eigenvalue weighted by Crippen LogP contribution is -2.54. The SMILES string of the molecule is CC(NC(=O)C(CCCN=C(N)N)NC(=O)C(N)CC(N)=O)C(=O)O. The number of hydrogen-bond donors (Lipinski definition) is 7. The van der Waals surface area contributed by atoms with Gasteiger partial charge in [0, 0.05) is 6.54 Å². The molecule has 0 aromatic heterocycles. The quantitative estimate of drug-likeness (QED) is 0.110. The van der Waals surface area contributed by atoms with Gasteiger partial charge in [0.15, 0.2) is 5.96 Å². The molecule has 3 unspecified atom stereocenters. The summed E-state index contributed by atoms with van der Waals surface area (Å²) in [5, 5.41) is 13.4. The molecule has 25 heavy (non-hydrogen) atoms. The van der Waals surface area contributed by atoms with Crippen molar-refractivity contribution >= 4 is 29.7 Å². The highest BCUT2D eigenvalue weighted by Gasteiger charge is 2.26. The van der Waals surface area contributed by atoms with Gasteiger partial charge < -0.3 is 38.7 Å². The van der Waals surface area contributed by atoms with Gasteiger partial charge in [0.25, 0.3) is 0 Å². The van der Waals surface area contributed by atoms with Crippen LogP contribution in [0, 0.1) is 0 Å². The van der Waals surface area contributed by atoms with Crippen LogP contribution in [0.1, 0.15) is 26.2 Å². The summed E-state index contributed by atoms with van der Waals surface area (Å²) in [5.41, 5.74) is 20.9. The number of rotatable bonds is 11. The number of amides is 3. The molecule has 0 aliphatic heterocycles. The third-order valence-electron chi connectivity index (χ3n) is 3.07. The average molecular weight is 359 g/mol.